The first-order valence-corrected chi connectivity index (χ1v) is 8.03. The Balaban J connectivity index is 2.21. The zero-order valence-electron chi connectivity index (χ0n) is 13.9. The first kappa shape index (κ1) is 16.7. The molecule has 1 fully saturated rings. The molecule has 1 aliphatic rings. The Labute approximate surface area is 131 Å². The molecule has 0 spiro atoms. The van der Waals surface area contributed by atoms with Gasteiger partial charge in [-0.25, -0.2) is 0 Å². The lowest BCUT2D eigenvalue weighted by molar-refractivity contribution is -0.140. The standard InChI is InChI=1S/C17H26N2O3/c1-5-10-19(13-11-14(22-6-2)17(13,3)4)16(21)12-8-7-9-15(20)18-12/h7-9,13-14H,5-6,10-11H2,1-4H3,(H,18,20). The molecule has 1 heterocycles. The summed E-state index contributed by atoms with van der Waals surface area (Å²) in [5.74, 6) is -0.104. The first-order valence-electron chi connectivity index (χ1n) is 8.03. The van der Waals surface area contributed by atoms with Gasteiger partial charge in [0, 0.05) is 30.7 Å². The third-order valence-corrected chi connectivity index (χ3v) is 4.59. The van der Waals surface area contributed by atoms with Gasteiger partial charge in [0.25, 0.3) is 5.91 Å². The molecule has 1 aromatic rings. The van der Waals surface area contributed by atoms with Gasteiger partial charge >= 0.3 is 0 Å². The number of ether oxygens (including phenoxy) is 1. The maximum absolute atomic E-state index is 12.8. The van der Waals surface area contributed by atoms with E-state index < -0.39 is 0 Å². The molecule has 0 radical (unpaired) electrons. The highest BCUT2D eigenvalue weighted by molar-refractivity contribution is 5.92. The first-order chi connectivity index (χ1) is 10.4. The third kappa shape index (κ3) is 3.09. The van der Waals surface area contributed by atoms with Gasteiger partial charge in [0.15, 0.2) is 0 Å². The van der Waals surface area contributed by atoms with Gasteiger partial charge in [-0.1, -0.05) is 26.8 Å². The van der Waals surface area contributed by atoms with Crippen molar-refractivity contribution in [3.63, 3.8) is 0 Å². The summed E-state index contributed by atoms with van der Waals surface area (Å²) in [6, 6.07) is 4.84. The number of rotatable bonds is 6. The highest BCUT2D eigenvalue weighted by atomic mass is 16.5. The Morgan fingerprint density at radius 2 is 2.14 bits per heavy atom. The fourth-order valence-corrected chi connectivity index (χ4v) is 3.24. The molecule has 1 aliphatic carbocycles. The Bertz CT molecular complexity index is 579. The number of H-pyrrole nitrogens is 1. The Morgan fingerprint density at radius 3 is 2.68 bits per heavy atom. The summed E-state index contributed by atoms with van der Waals surface area (Å²) in [5, 5.41) is 0. The van der Waals surface area contributed by atoms with Crippen molar-refractivity contribution in [2.45, 2.75) is 52.7 Å². The predicted molar refractivity (Wildman–Crippen MR) is 86.0 cm³/mol. The minimum absolute atomic E-state index is 0.0735. The highest BCUT2D eigenvalue weighted by Crippen LogP contribution is 2.46. The van der Waals surface area contributed by atoms with Gasteiger partial charge in [-0.3, -0.25) is 9.59 Å². The molecule has 5 nitrogen and oxygen atoms in total. The van der Waals surface area contributed by atoms with E-state index in [1.165, 1.54) is 6.07 Å². The molecule has 0 bridgehead atoms. The van der Waals surface area contributed by atoms with Crippen LogP contribution in [0.2, 0.25) is 0 Å². The Hall–Kier alpha value is -1.62. The van der Waals surface area contributed by atoms with Crippen molar-refractivity contribution in [1.82, 2.24) is 9.88 Å². The number of pyridine rings is 1. The summed E-state index contributed by atoms with van der Waals surface area (Å²) in [6.07, 6.45) is 1.92. The van der Waals surface area contributed by atoms with E-state index in [4.69, 9.17) is 4.74 Å². The second-order valence-electron chi connectivity index (χ2n) is 6.44. The molecule has 1 saturated carbocycles. The summed E-state index contributed by atoms with van der Waals surface area (Å²) >= 11 is 0. The molecule has 0 aliphatic heterocycles. The molecule has 2 atom stereocenters. The average molecular weight is 306 g/mol. The average Bonchev–Trinajstić information content (AvgIpc) is 2.49. The molecule has 1 N–H and O–H groups in total. The lowest BCUT2D eigenvalue weighted by Crippen LogP contribution is -2.63. The molecule has 2 unspecified atom stereocenters. The van der Waals surface area contributed by atoms with E-state index >= 15 is 0 Å². The number of nitrogens with one attached hydrogen (secondary N) is 1. The highest BCUT2D eigenvalue weighted by Gasteiger charge is 2.52. The number of hydrogen-bond donors (Lipinski definition) is 1. The van der Waals surface area contributed by atoms with Gasteiger partial charge in [-0.05, 0) is 25.8 Å². The van der Waals surface area contributed by atoms with E-state index in [-0.39, 0.29) is 29.0 Å². The number of carbonyl (C=O) groups excluding carboxylic acids is 1. The summed E-state index contributed by atoms with van der Waals surface area (Å²) in [6.45, 7) is 9.71. The molecular formula is C17H26N2O3. The zero-order chi connectivity index (χ0) is 16.3. The van der Waals surface area contributed by atoms with E-state index in [1.807, 2.05) is 11.8 Å². The minimum atomic E-state index is -0.248. The second kappa shape index (κ2) is 6.65. The van der Waals surface area contributed by atoms with Crippen LogP contribution in [-0.4, -0.2) is 41.1 Å². The van der Waals surface area contributed by atoms with Gasteiger partial charge in [0.05, 0.1) is 6.10 Å². The Kier molecular flexibility index (Phi) is 5.06. The van der Waals surface area contributed by atoms with Crippen molar-refractivity contribution >= 4 is 5.91 Å². The molecule has 122 valence electrons. The lowest BCUT2D eigenvalue weighted by Gasteiger charge is -2.55. The smallest absolute Gasteiger partial charge is 0.270 e. The Morgan fingerprint density at radius 1 is 1.41 bits per heavy atom. The largest absolute Gasteiger partial charge is 0.378 e. The second-order valence-corrected chi connectivity index (χ2v) is 6.44. The van der Waals surface area contributed by atoms with Crippen molar-refractivity contribution < 1.29 is 9.53 Å². The third-order valence-electron chi connectivity index (χ3n) is 4.59. The van der Waals surface area contributed by atoms with E-state index in [1.54, 1.807) is 12.1 Å². The van der Waals surface area contributed by atoms with E-state index in [0.29, 0.717) is 18.8 Å². The van der Waals surface area contributed by atoms with Crippen LogP contribution in [0.25, 0.3) is 0 Å². The number of hydrogen-bond acceptors (Lipinski definition) is 3. The van der Waals surface area contributed by atoms with Crippen LogP contribution in [-0.2, 0) is 4.74 Å². The van der Waals surface area contributed by atoms with Crippen LogP contribution in [0.5, 0.6) is 0 Å². The van der Waals surface area contributed by atoms with Crippen LogP contribution < -0.4 is 5.56 Å². The summed E-state index contributed by atoms with van der Waals surface area (Å²) < 4.78 is 5.76. The van der Waals surface area contributed by atoms with Crippen LogP contribution in [0.1, 0.15) is 51.0 Å². The molecule has 0 saturated heterocycles. The number of amides is 1. The zero-order valence-corrected chi connectivity index (χ0v) is 13.9. The van der Waals surface area contributed by atoms with E-state index in [2.05, 4.69) is 25.8 Å². The maximum Gasteiger partial charge on any atom is 0.270 e. The number of nitrogens with zero attached hydrogens (tertiary/aromatic N) is 1. The minimum Gasteiger partial charge on any atom is -0.378 e. The normalized spacial score (nSPS) is 22.9. The summed E-state index contributed by atoms with van der Waals surface area (Å²) in [5.41, 5.74) is 0.0367. The number of carbonyl (C=O) groups is 1. The topological polar surface area (TPSA) is 62.4 Å². The predicted octanol–water partition coefficient (Wildman–Crippen LogP) is 2.43. The van der Waals surface area contributed by atoms with E-state index in [9.17, 15) is 9.59 Å². The maximum atomic E-state index is 12.8. The van der Waals surface area contributed by atoms with Crippen molar-refractivity contribution in [3.8, 4) is 0 Å². The fraction of sp³-hybridized carbons (Fsp3) is 0.647. The van der Waals surface area contributed by atoms with Crippen LogP contribution >= 0.6 is 0 Å². The lowest BCUT2D eigenvalue weighted by atomic mass is 9.63. The van der Waals surface area contributed by atoms with E-state index in [0.717, 1.165) is 12.8 Å². The van der Waals surface area contributed by atoms with Gasteiger partial charge in [0.1, 0.15) is 5.69 Å². The fourth-order valence-electron chi connectivity index (χ4n) is 3.24. The van der Waals surface area contributed by atoms with Crippen LogP contribution in [0.4, 0.5) is 0 Å². The van der Waals surface area contributed by atoms with Crippen LogP contribution in [0.15, 0.2) is 23.0 Å². The SMILES string of the molecule is CCCN(C(=O)c1cccc(=O)[nH]1)C1CC(OCC)C1(C)C. The number of aromatic nitrogens is 1. The summed E-state index contributed by atoms with van der Waals surface area (Å²) in [4.78, 5) is 28.8. The van der Waals surface area contributed by atoms with Crippen molar-refractivity contribution in [1.29, 1.82) is 0 Å². The number of aromatic amines is 1. The van der Waals surface area contributed by atoms with Gasteiger partial charge < -0.3 is 14.6 Å². The van der Waals surface area contributed by atoms with Gasteiger partial charge in [0.2, 0.25) is 5.56 Å². The molecule has 1 aromatic heterocycles. The van der Waals surface area contributed by atoms with Crippen LogP contribution in [0, 0.1) is 5.41 Å². The van der Waals surface area contributed by atoms with Crippen molar-refractivity contribution in [3.05, 3.63) is 34.2 Å². The molecule has 2 rings (SSSR count). The monoisotopic (exact) mass is 306 g/mol. The van der Waals surface area contributed by atoms with Gasteiger partial charge in [-0.2, -0.15) is 0 Å². The van der Waals surface area contributed by atoms with Crippen molar-refractivity contribution in [2.75, 3.05) is 13.2 Å². The van der Waals surface area contributed by atoms with Gasteiger partial charge in [-0.15, -0.1) is 0 Å². The molecule has 0 aromatic carbocycles. The quantitative estimate of drug-likeness (QED) is 0.878. The molecule has 5 heteroatoms. The van der Waals surface area contributed by atoms with Crippen molar-refractivity contribution in [2.24, 2.45) is 5.41 Å². The summed E-state index contributed by atoms with van der Waals surface area (Å²) in [7, 11) is 0. The molecule has 22 heavy (non-hydrogen) atoms. The molecular weight excluding hydrogens is 280 g/mol. The van der Waals surface area contributed by atoms with Crippen LogP contribution in [0.3, 0.4) is 0 Å². The molecule has 1 amide bonds.